The Morgan fingerprint density at radius 1 is 1.14 bits per heavy atom. The molecule has 0 aliphatic carbocycles. The van der Waals surface area contributed by atoms with Crippen molar-refractivity contribution >= 4 is 29.0 Å². The normalized spacial score (nSPS) is 11.9. The van der Waals surface area contributed by atoms with Crippen LogP contribution in [0.5, 0.6) is 5.75 Å². The van der Waals surface area contributed by atoms with E-state index in [2.05, 4.69) is 15.4 Å². The number of carbonyl (C=O) groups excluding carboxylic acids is 2. The highest BCUT2D eigenvalue weighted by Crippen LogP contribution is 2.26. The van der Waals surface area contributed by atoms with Crippen molar-refractivity contribution < 1.29 is 19.1 Å². The number of amides is 1. The lowest BCUT2D eigenvalue weighted by Crippen LogP contribution is -2.31. The number of aromatic nitrogens is 3. The van der Waals surface area contributed by atoms with Gasteiger partial charge in [0.05, 0.1) is 13.3 Å². The number of nitrogens with one attached hydrogen (secondary N) is 1. The van der Waals surface area contributed by atoms with Crippen LogP contribution in [0.3, 0.4) is 0 Å². The monoisotopic (exact) mass is 414 g/mol. The van der Waals surface area contributed by atoms with Crippen LogP contribution in [-0.4, -0.2) is 39.9 Å². The number of carbonyl (C=O) groups is 2. The summed E-state index contributed by atoms with van der Waals surface area (Å²) in [7, 11) is 1.60. The molecular weight excluding hydrogens is 392 g/mol. The average Bonchev–Trinajstić information content (AvgIpc) is 3.37. The summed E-state index contributed by atoms with van der Waals surface area (Å²) < 4.78 is 12.1. The molecule has 0 fully saturated rings. The second kappa shape index (κ2) is 8.87. The third-order valence-corrected chi connectivity index (χ3v) is 5.01. The summed E-state index contributed by atoms with van der Waals surface area (Å²) in [4.78, 5) is 29.1. The number of ether oxygens (including phenoxy) is 2. The quantitative estimate of drug-likeness (QED) is 0.591. The fourth-order valence-corrected chi connectivity index (χ4v) is 3.36. The molecule has 0 bridgehead atoms. The van der Waals surface area contributed by atoms with Crippen molar-refractivity contribution in [2.75, 3.05) is 12.4 Å². The molecule has 0 saturated heterocycles. The molecule has 1 aromatic carbocycles. The van der Waals surface area contributed by atoms with E-state index in [1.807, 2.05) is 38.1 Å². The van der Waals surface area contributed by atoms with Gasteiger partial charge in [-0.1, -0.05) is 0 Å². The van der Waals surface area contributed by atoms with Crippen LogP contribution >= 0.6 is 11.3 Å². The van der Waals surface area contributed by atoms with Gasteiger partial charge in [0.25, 0.3) is 5.91 Å². The second-order valence-electron chi connectivity index (χ2n) is 6.56. The molecule has 0 unspecified atom stereocenters. The molecule has 2 aromatic heterocycles. The molecule has 1 amide bonds. The van der Waals surface area contributed by atoms with E-state index in [4.69, 9.17) is 9.47 Å². The summed E-state index contributed by atoms with van der Waals surface area (Å²) in [6.07, 6.45) is 0.617. The van der Waals surface area contributed by atoms with Crippen LogP contribution in [0.25, 0.3) is 10.6 Å². The minimum absolute atomic E-state index is 0.0875. The first-order valence-corrected chi connectivity index (χ1v) is 9.92. The zero-order valence-corrected chi connectivity index (χ0v) is 17.4. The summed E-state index contributed by atoms with van der Waals surface area (Å²) >= 11 is 1.32. The summed E-state index contributed by atoms with van der Waals surface area (Å²) in [5.41, 5.74) is 1.02. The molecule has 9 heteroatoms. The van der Waals surface area contributed by atoms with Gasteiger partial charge < -0.3 is 14.8 Å². The fourth-order valence-electron chi connectivity index (χ4n) is 2.56. The first-order chi connectivity index (χ1) is 13.9. The first-order valence-electron chi connectivity index (χ1n) is 9.04. The Morgan fingerprint density at radius 2 is 1.86 bits per heavy atom. The van der Waals surface area contributed by atoms with Crippen molar-refractivity contribution in [2.24, 2.45) is 0 Å². The van der Waals surface area contributed by atoms with Gasteiger partial charge >= 0.3 is 5.97 Å². The fraction of sp³-hybridized carbons (Fsp3) is 0.300. The van der Waals surface area contributed by atoms with Crippen LogP contribution in [0.2, 0.25) is 0 Å². The van der Waals surface area contributed by atoms with E-state index in [9.17, 15) is 9.59 Å². The molecule has 29 heavy (non-hydrogen) atoms. The number of nitrogens with zero attached hydrogens (tertiary/aromatic N) is 3. The SMILES string of the molecule is COc1ccc(-c2nc(C(=O)O[C@H](C)C(=O)Nc3ccnn3C(C)C)cs2)cc1. The number of thiazole rings is 1. The van der Waals surface area contributed by atoms with Gasteiger partial charge in [-0.3, -0.25) is 4.79 Å². The van der Waals surface area contributed by atoms with Crippen molar-refractivity contribution in [3.63, 3.8) is 0 Å². The van der Waals surface area contributed by atoms with Crippen molar-refractivity contribution in [3.8, 4) is 16.3 Å². The Balaban J connectivity index is 1.62. The molecule has 0 aliphatic heterocycles. The zero-order chi connectivity index (χ0) is 21.0. The minimum atomic E-state index is -0.982. The number of esters is 1. The second-order valence-corrected chi connectivity index (χ2v) is 7.42. The number of anilines is 1. The van der Waals surface area contributed by atoms with Gasteiger partial charge in [-0.2, -0.15) is 5.10 Å². The van der Waals surface area contributed by atoms with Crippen LogP contribution in [0, 0.1) is 0 Å². The van der Waals surface area contributed by atoms with Gasteiger partial charge in [-0.15, -0.1) is 11.3 Å². The predicted octanol–water partition coefficient (Wildman–Crippen LogP) is 3.78. The van der Waals surface area contributed by atoms with Crippen LogP contribution in [-0.2, 0) is 9.53 Å². The number of benzene rings is 1. The summed E-state index contributed by atoms with van der Waals surface area (Å²) in [5, 5.41) is 9.17. The Labute approximate surface area is 172 Å². The number of methoxy groups -OCH3 is 1. The number of rotatable bonds is 7. The van der Waals surface area contributed by atoms with Crippen LogP contribution in [0.15, 0.2) is 41.9 Å². The lowest BCUT2D eigenvalue weighted by molar-refractivity contribution is -0.123. The van der Waals surface area contributed by atoms with Gasteiger partial charge in [0.1, 0.15) is 16.6 Å². The van der Waals surface area contributed by atoms with Crippen LogP contribution in [0.1, 0.15) is 37.3 Å². The van der Waals surface area contributed by atoms with E-state index in [-0.39, 0.29) is 11.7 Å². The molecular formula is C20H22N4O4S. The minimum Gasteiger partial charge on any atom is -0.497 e. The third kappa shape index (κ3) is 4.80. The molecule has 0 aliphatic rings. The van der Waals surface area contributed by atoms with E-state index in [0.717, 1.165) is 11.3 Å². The average molecular weight is 414 g/mol. The third-order valence-electron chi connectivity index (χ3n) is 4.11. The van der Waals surface area contributed by atoms with E-state index >= 15 is 0 Å². The molecule has 0 saturated carbocycles. The standard InChI is InChI=1S/C20H22N4O4S/c1-12(2)24-17(9-10-21-24)23-18(25)13(3)28-20(26)16-11-29-19(22-16)14-5-7-15(27-4)8-6-14/h5-13H,1-4H3,(H,23,25)/t13-/m1/s1. The van der Waals surface area contributed by atoms with E-state index in [0.29, 0.717) is 10.8 Å². The molecule has 0 radical (unpaired) electrons. The summed E-state index contributed by atoms with van der Waals surface area (Å²) in [5.74, 6) is 0.194. The van der Waals surface area contributed by atoms with Gasteiger partial charge in [-0.25, -0.2) is 14.5 Å². The van der Waals surface area contributed by atoms with Crippen molar-refractivity contribution in [1.29, 1.82) is 0 Å². The smallest absolute Gasteiger partial charge is 0.358 e. The van der Waals surface area contributed by atoms with Crippen LogP contribution < -0.4 is 10.1 Å². The molecule has 3 rings (SSSR count). The molecule has 3 aromatic rings. The largest absolute Gasteiger partial charge is 0.497 e. The van der Waals surface area contributed by atoms with E-state index in [1.54, 1.807) is 29.4 Å². The lowest BCUT2D eigenvalue weighted by Gasteiger charge is -2.15. The molecule has 2 heterocycles. The highest BCUT2D eigenvalue weighted by atomic mass is 32.1. The molecule has 1 atom stereocenters. The maximum Gasteiger partial charge on any atom is 0.358 e. The Hall–Kier alpha value is -3.20. The maximum absolute atomic E-state index is 12.4. The highest BCUT2D eigenvalue weighted by molar-refractivity contribution is 7.13. The van der Waals surface area contributed by atoms with Crippen molar-refractivity contribution in [2.45, 2.75) is 32.9 Å². The number of hydrogen-bond acceptors (Lipinski definition) is 7. The molecule has 0 spiro atoms. The van der Waals surface area contributed by atoms with Crippen molar-refractivity contribution in [1.82, 2.24) is 14.8 Å². The highest BCUT2D eigenvalue weighted by Gasteiger charge is 2.22. The number of hydrogen-bond donors (Lipinski definition) is 1. The Kier molecular flexibility index (Phi) is 6.28. The van der Waals surface area contributed by atoms with Gasteiger partial charge in [0.2, 0.25) is 0 Å². The van der Waals surface area contributed by atoms with Gasteiger partial charge in [0, 0.05) is 23.1 Å². The van der Waals surface area contributed by atoms with E-state index < -0.39 is 18.0 Å². The summed E-state index contributed by atoms with van der Waals surface area (Å²) in [6, 6.07) is 9.14. The maximum atomic E-state index is 12.4. The molecule has 8 nitrogen and oxygen atoms in total. The first kappa shape index (κ1) is 20.5. The zero-order valence-electron chi connectivity index (χ0n) is 16.6. The predicted molar refractivity (Wildman–Crippen MR) is 110 cm³/mol. The summed E-state index contributed by atoms with van der Waals surface area (Å²) in [6.45, 7) is 5.42. The molecule has 152 valence electrons. The Morgan fingerprint density at radius 3 is 2.52 bits per heavy atom. The van der Waals surface area contributed by atoms with Gasteiger partial charge in [0.15, 0.2) is 11.8 Å². The topological polar surface area (TPSA) is 95.3 Å². The Bertz CT molecular complexity index is 994. The molecule has 1 N–H and O–H groups in total. The van der Waals surface area contributed by atoms with Crippen LogP contribution in [0.4, 0.5) is 5.82 Å². The lowest BCUT2D eigenvalue weighted by atomic mass is 10.2. The van der Waals surface area contributed by atoms with Gasteiger partial charge in [-0.05, 0) is 45.0 Å². The van der Waals surface area contributed by atoms with Crippen molar-refractivity contribution in [3.05, 3.63) is 47.6 Å². The van der Waals surface area contributed by atoms with E-state index in [1.165, 1.54) is 18.3 Å².